The fourth-order valence-corrected chi connectivity index (χ4v) is 6.82. The number of para-hydroxylation sites is 2. The van der Waals surface area contributed by atoms with Crippen LogP contribution in [0.15, 0.2) is 128 Å². The van der Waals surface area contributed by atoms with Crippen LogP contribution in [0.5, 0.6) is 0 Å². The molecule has 7 rings (SSSR count). The Morgan fingerprint density at radius 3 is 1.74 bits per heavy atom. The van der Waals surface area contributed by atoms with Crippen LogP contribution in [0.4, 0.5) is 0 Å². The first kappa shape index (κ1) is 23.5. The Morgan fingerprint density at radius 1 is 0.615 bits per heavy atom. The first-order chi connectivity index (χ1) is 19.2. The van der Waals surface area contributed by atoms with Gasteiger partial charge in [-0.3, -0.25) is 0 Å². The van der Waals surface area contributed by atoms with Gasteiger partial charge < -0.3 is 4.57 Å². The molecule has 0 aliphatic rings. The van der Waals surface area contributed by atoms with E-state index in [-0.39, 0.29) is 0 Å². The molecule has 0 N–H and O–H groups in total. The van der Waals surface area contributed by atoms with E-state index < -0.39 is 0 Å². The van der Waals surface area contributed by atoms with Crippen molar-refractivity contribution in [2.45, 2.75) is 6.92 Å². The number of benzene rings is 5. The molecule has 0 saturated heterocycles. The first-order valence-electron chi connectivity index (χ1n) is 13.3. The largest absolute Gasteiger partial charge is 0.309 e. The van der Waals surface area contributed by atoms with Gasteiger partial charge >= 0.3 is 0 Å². The van der Waals surface area contributed by atoms with Gasteiger partial charge in [0.1, 0.15) is 0 Å². The highest BCUT2D eigenvalue weighted by Crippen LogP contribution is 2.37. The van der Waals surface area contributed by atoms with Crippen LogP contribution < -0.4 is 0 Å². The Labute approximate surface area is 232 Å². The molecule has 0 aliphatic carbocycles. The van der Waals surface area contributed by atoms with Crippen LogP contribution in [0.25, 0.3) is 72.0 Å². The highest BCUT2D eigenvalue weighted by molar-refractivity contribution is 7.20. The Bertz CT molecular complexity index is 1960. The van der Waals surface area contributed by atoms with Gasteiger partial charge in [0, 0.05) is 31.4 Å². The molecule has 0 aliphatic heterocycles. The van der Waals surface area contributed by atoms with Crippen molar-refractivity contribution in [3.63, 3.8) is 0 Å². The average molecular weight is 518 g/mol. The lowest BCUT2D eigenvalue weighted by molar-refractivity contribution is 1.18. The summed E-state index contributed by atoms with van der Waals surface area (Å²) in [6.07, 6.45) is 6.24. The van der Waals surface area contributed by atoms with E-state index in [4.69, 9.17) is 0 Å². The predicted molar refractivity (Wildman–Crippen MR) is 172 cm³/mol. The van der Waals surface area contributed by atoms with Crippen molar-refractivity contribution in [3.8, 4) is 27.9 Å². The number of aromatic nitrogens is 1. The summed E-state index contributed by atoms with van der Waals surface area (Å²) >= 11 is 1.82. The maximum absolute atomic E-state index is 4.07. The Kier molecular flexibility index (Phi) is 5.76. The van der Waals surface area contributed by atoms with Crippen molar-refractivity contribution in [3.05, 3.63) is 138 Å². The molecule has 0 unspecified atom stereocenters. The molecule has 0 bridgehead atoms. The number of hydrogen-bond donors (Lipinski definition) is 0. The Hall–Kier alpha value is -4.66. The van der Waals surface area contributed by atoms with Gasteiger partial charge in [0.15, 0.2) is 0 Å². The molecule has 0 atom stereocenters. The van der Waals surface area contributed by atoms with Gasteiger partial charge in [-0.2, -0.15) is 0 Å². The number of rotatable bonds is 5. The fraction of sp³-hybridized carbons (Fsp3) is 0.0270. The molecule has 2 heteroatoms. The SMILES string of the molecule is C=Cc1c(/C=C\C)sc2ccc(-c3ccc(-c4ccc(-n5c6ccccc6c6ccccc65)cc4)cc3)cc12. The van der Waals surface area contributed by atoms with Crippen molar-refractivity contribution < 1.29 is 0 Å². The second-order valence-corrected chi connectivity index (χ2v) is 10.9. The van der Waals surface area contributed by atoms with Crippen LogP contribution in [-0.2, 0) is 0 Å². The molecule has 0 saturated carbocycles. The predicted octanol–water partition coefficient (Wildman–Crippen LogP) is 11.0. The zero-order valence-corrected chi connectivity index (χ0v) is 22.6. The molecule has 186 valence electrons. The van der Waals surface area contributed by atoms with Gasteiger partial charge in [0.05, 0.1) is 11.0 Å². The van der Waals surface area contributed by atoms with Gasteiger partial charge in [-0.05, 0) is 77.2 Å². The van der Waals surface area contributed by atoms with Crippen LogP contribution >= 0.6 is 11.3 Å². The van der Waals surface area contributed by atoms with E-state index in [1.165, 1.54) is 70.3 Å². The number of allylic oxidation sites excluding steroid dienone is 1. The molecule has 2 heterocycles. The third-order valence-corrected chi connectivity index (χ3v) is 8.69. The molecule has 0 amide bonds. The smallest absolute Gasteiger partial charge is 0.0541 e. The lowest BCUT2D eigenvalue weighted by Gasteiger charge is -2.10. The van der Waals surface area contributed by atoms with Gasteiger partial charge in [-0.1, -0.05) is 97.6 Å². The third-order valence-electron chi connectivity index (χ3n) is 7.53. The quantitative estimate of drug-likeness (QED) is 0.214. The highest BCUT2D eigenvalue weighted by atomic mass is 32.1. The molecule has 0 spiro atoms. The summed E-state index contributed by atoms with van der Waals surface area (Å²) in [6, 6.07) is 41.8. The summed E-state index contributed by atoms with van der Waals surface area (Å²) in [5, 5.41) is 3.84. The van der Waals surface area contributed by atoms with Gasteiger partial charge in [0.25, 0.3) is 0 Å². The summed E-state index contributed by atoms with van der Waals surface area (Å²) < 4.78 is 3.65. The van der Waals surface area contributed by atoms with Crippen molar-refractivity contribution in [1.82, 2.24) is 4.57 Å². The topological polar surface area (TPSA) is 4.93 Å². The lowest BCUT2D eigenvalue weighted by Crippen LogP contribution is -1.93. The summed E-state index contributed by atoms with van der Waals surface area (Å²) in [7, 11) is 0. The number of fused-ring (bicyclic) bond motifs is 4. The van der Waals surface area contributed by atoms with E-state index in [9.17, 15) is 0 Å². The minimum absolute atomic E-state index is 1.17. The van der Waals surface area contributed by atoms with E-state index in [0.29, 0.717) is 0 Å². The standard InChI is InChI=1S/C37H27NS/c1-3-9-36-30(4-2)33-24-28(20-23-37(33)39-36)27-16-14-25(15-17-27)26-18-21-29(22-19-26)38-34-12-7-5-10-31(34)32-11-6-8-13-35(32)38/h3-24H,2H2,1H3/b9-3-. The Balaban J connectivity index is 1.22. The molecule has 2 aromatic heterocycles. The molecule has 39 heavy (non-hydrogen) atoms. The fourth-order valence-electron chi connectivity index (χ4n) is 5.66. The van der Waals surface area contributed by atoms with Crippen molar-refractivity contribution in [2.75, 3.05) is 0 Å². The third kappa shape index (κ3) is 3.93. The molecule has 0 radical (unpaired) electrons. The van der Waals surface area contributed by atoms with Crippen LogP contribution in [0.1, 0.15) is 17.4 Å². The number of hydrogen-bond acceptors (Lipinski definition) is 1. The van der Waals surface area contributed by atoms with E-state index in [0.717, 1.165) is 0 Å². The van der Waals surface area contributed by atoms with Gasteiger partial charge in [-0.25, -0.2) is 0 Å². The minimum Gasteiger partial charge on any atom is -0.309 e. The van der Waals surface area contributed by atoms with Crippen LogP contribution in [0.2, 0.25) is 0 Å². The van der Waals surface area contributed by atoms with Crippen molar-refractivity contribution in [2.24, 2.45) is 0 Å². The normalized spacial score (nSPS) is 11.7. The summed E-state index contributed by atoms with van der Waals surface area (Å²) in [5.41, 5.74) is 9.73. The van der Waals surface area contributed by atoms with Crippen LogP contribution in [0, 0.1) is 0 Å². The van der Waals surface area contributed by atoms with E-state index >= 15 is 0 Å². The minimum atomic E-state index is 1.17. The monoisotopic (exact) mass is 517 g/mol. The van der Waals surface area contributed by atoms with Crippen molar-refractivity contribution in [1.29, 1.82) is 0 Å². The summed E-state index contributed by atoms with van der Waals surface area (Å²) in [6.45, 7) is 6.12. The summed E-state index contributed by atoms with van der Waals surface area (Å²) in [5.74, 6) is 0. The van der Waals surface area contributed by atoms with Gasteiger partial charge in [-0.15, -0.1) is 11.3 Å². The second kappa shape index (κ2) is 9.58. The molecule has 7 aromatic rings. The highest BCUT2D eigenvalue weighted by Gasteiger charge is 2.12. The Morgan fingerprint density at radius 2 is 1.15 bits per heavy atom. The molecule has 0 fully saturated rings. The number of thiophene rings is 1. The maximum Gasteiger partial charge on any atom is 0.0541 e. The first-order valence-corrected chi connectivity index (χ1v) is 14.1. The van der Waals surface area contributed by atoms with Crippen molar-refractivity contribution >= 4 is 55.4 Å². The van der Waals surface area contributed by atoms with E-state index in [1.807, 2.05) is 17.4 Å². The van der Waals surface area contributed by atoms with E-state index in [2.05, 4.69) is 145 Å². The van der Waals surface area contributed by atoms with Crippen LogP contribution in [-0.4, -0.2) is 4.57 Å². The van der Waals surface area contributed by atoms with E-state index in [1.54, 1.807) is 0 Å². The maximum atomic E-state index is 4.07. The average Bonchev–Trinajstić information content (AvgIpc) is 3.52. The second-order valence-electron chi connectivity index (χ2n) is 9.79. The van der Waals surface area contributed by atoms with Gasteiger partial charge in [0.2, 0.25) is 0 Å². The zero-order valence-electron chi connectivity index (χ0n) is 21.8. The molecular weight excluding hydrogens is 490 g/mol. The zero-order chi connectivity index (χ0) is 26.3. The lowest BCUT2D eigenvalue weighted by atomic mass is 9.98. The molecule has 1 nitrogen and oxygen atoms in total. The summed E-state index contributed by atoms with van der Waals surface area (Å²) in [4.78, 5) is 1.26. The number of nitrogens with zero attached hydrogens (tertiary/aromatic N) is 1. The molecule has 5 aromatic carbocycles. The van der Waals surface area contributed by atoms with Crippen LogP contribution in [0.3, 0.4) is 0 Å². The molecular formula is C37H27NS.